The third kappa shape index (κ3) is 1.84. The highest BCUT2D eigenvalue weighted by Gasteiger charge is 2.24. The van der Waals surface area contributed by atoms with E-state index in [1.54, 1.807) is 4.90 Å². The van der Waals surface area contributed by atoms with E-state index in [4.69, 9.17) is 9.84 Å². The molecule has 1 saturated heterocycles. The molecular weight excluding hydrogens is 158 g/mol. The number of carbonyl (C=O) groups excluding carboxylic acids is 1. The van der Waals surface area contributed by atoms with Crippen LogP contribution in [0.4, 0.5) is 0 Å². The van der Waals surface area contributed by atoms with Crippen molar-refractivity contribution in [2.45, 2.75) is 6.04 Å². The van der Waals surface area contributed by atoms with Gasteiger partial charge < -0.3 is 14.7 Å². The van der Waals surface area contributed by atoms with E-state index in [9.17, 15) is 4.79 Å². The Labute approximate surface area is 71.4 Å². The van der Waals surface area contributed by atoms with Crippen molar-refractivity contribution >= 4 is 5.91 Å². The summed E-state index contributed by atoms with van der Waals surface area (Å²) in [4.78, 5) is 12.8. The van der Waals surface area contributed by atoms with E-state index in [0.717, 1.165) is 0 Å². The SMILES string of the molecule is C=CC(=O)N1CCOC[C@H]1CO. The van der Waals surface area contributed by atoms with Gasteiger partial charge in [0.1, 0.15) is 0 Å². The number of aliphatic hydroxyl groups excluding tert-OH is 1. The first kappa shape index (κ1) is 9.22. The minimum Gasteiger partial charge on any atom is -0.394 e. The smallest absolute Gasteiger partial charge is 0.246 e. The fourth-order valence-electron chi connectivity index (χ4n) is 1.21. The molecule has 4 nitrogen and oxygen atoms in total. The van der Waals surface area contributed by atoms with E-state index in [1.807, 2.05) is 0 Å². The predicted octanol–water partition coefficient (Wildman–Crippen LogP) is -0.608. The van der Waals surface area contributed by atoms with E-state index in [0.29, 0.717) is 19.8 Å². The average Bonchev–Trinajstić information content (AvgIpc) is 2.16. The van der Waals surface area contributed by atoms with Crippen LogP contribution in [0.15, 0.2) is 12.7 Å². The molecule has 0 aromatic rings. The maximum Gasteiger partial charge on any atom is 0.246 e. The molecule has 0 radical (unpaired) electrons. The zero-order valence-corrected chi connectivity index (χ0v) is 6.90. The molecule has 0 unspecified atom stereocenters. The highest BCUT2D eigenvalue weighted by Crippen LogP contribution is 2.06. The molecule has 0 aromatic heterocycles. The lowest BCUT2D eigenvalue weighted by Gasteiger charge is -2.33. The number of ether oxygens (including phenoxy) is 1. The van der Waals surface area contributed by atoms with Gasteiger partial charge in [0.05, 0.1) is 25.9 Å². The first-order chi connectivity index (χ1) is 5.79. The van der Waals surface area contributed by atoms with Gasteiger partial charge in [0.25, 0.3) is 0 Å². The van der Waals surface area contributed by atoms with Gasteiger partial charge in [-0.05, 0) is 6.08 Å². The molecule has 1 amide bonds. The number of rotatable bonds is 2. The molecular formula is C8H13NO3. The number of amides is 1. The van der Waals surface area contributed by atoms with Crippen molar-refractivity contribution < 1.29 is 14.6 Å². The molecule has 68 valence electrons. The molecule has 4 heteroatoms. The number of hydrogen-bond acceptors (Lipinski definition) is 3. The molecule has 1 fully saturated rings. The van der Waals surface area contributed by atoms with Gasteiger partial charge >= 0.3 is 0 Å². The van der Waals surface area contributed by atoms with Crippen LogP contribution in [0.25, 0.3) is 0 Å². The molecule has 1 rings (SSSR count). The average molecular weight is 171 g/mol. The van der Waals surface area contributed by atoms with Gasteiger partial charge in [-0.3, -0.25) is 4.79 Å². The summed E-state index contributed by atoms with van der Waals surface area (Å²) >= 11 is 0. The fraction of sp³-hybridized carbons (Fsp3) is 0.625. The lowest BCUT2D eigenvalue weighted by atomic mass is 10.2. The summed E-state index contributed by atoms with van der Waals surface area (Å²) in [5, 5.41) is 8.90. The Morgan fingerprint density at radius 2 is 2.58 bits per heavy atom. The van der Waals surface area contributed by atoms with Crippen molar-refractivity contribution in [3.63, 3.8) is 0 Å². The van der Waals surface area contributed by atoms with Crippen LogP contribution in [0.1, 0.15) is 0 Å². The summed E-state index contributed by atoms with van der Waals surface area (Å²) in [5.41, 5.74) is 0. The first-order valence-electron chi connectivity index (χ1n) is 3.91. The summed E-state index contributed by atoms with van der Waals surface area (Å²) < 4.78 is 5.11. The third-order valence-corrected chi connectivity index (χ3v) is 1.90. The molecule has 1 aliphatic heterocycles. The van der Waals surface area contributed by atoms with Gasteiger partial charge in [-0.15, -0.1) is 0 Å². The Kier molecular flexibility index (Phi) is 3.25. The summed E-state index contributed by atoms with van der Waals surface area (Å²) in [6, 6.07) is -0.204. The van der Waals surface area contributed by atoms with Gasteiger partial charge in [-0.25, -0.2) is 0 Å². The molecule has 0 saturated carbocycles. The zero-order chi connectivity index (χ0) is 8.97. The molecule has 0 spiro atoms. The van der Waals surface area contributed by atoms with Crippen molar-refractivity contribution in [1.82, 2.24) is 4.90 Å². The maximum atomic E-state index is 11.2. The van der Waals surface area contributed by atoms with Gasteiger partial charge in [-0.2, -0.15) is 0 Å². The van der Waals surface area contributed by atoms with Crippen molar-refractivity contribution in [3.05, 3.63) is 12.7 Å². The van der Waals surface area contributed by atoms with Crippen LogP contribution < -0.4 is 0 Å². The Morgan fingerprint density at radius 1 is 1.83 bits per heavy atom. The monoisotopic (exact) mass is 171 g/mol. The first-order valence-corrected chi connectivity index (χ1v) is 3.91. The summed E-state index contributed by atoms with van der Waals surface area (Å²) in [6.45, 7) is 4.82. The number of aliphatic hydroxyl groups is 1. The van der Waals surface area contributed by atoms with Crippen LogP contribution in [-0.2, 0) is 9.53 Å². The maximum absolute atomic E-state index is 11.2. The topological polar surface area (TPSA) is 49.8 Å². The lowest BCUT2D eigenvalue weighted by molar-refractivity contribution is -0.136. The fourth-order valence-corrected chi connectivity index (χ4v) is 1.21. The Bertz CT molecular complexity index is 181. The third-order valence-electron chi connectivity index (χ3n) is 1.90. The molecule has 0 aromatic carbocycles. The number of morpholine rings is 1. The van der Waals surface area contributed by atoms with E-state index in [1.165, 1.54) is 6.08 Å². The van der Waals surface area contributed by atoms with Crippen LogP contribution in [0.3, 0.4) is 0 Å². The predicted molar refractivity (Wildman–Crippen MR) is 43.6 cm³/mol. The normalized spacial score (nSPS) is 23.8. The van der Waals surface area contributed by atoms with E-state index in [2.05, 4.69) is 6.58 Å². The largest absolute Gasteiger partial charge is 0.394 e. The van der Waals surface area contributed by atoms with E-state index in [-0.39, 0.29) is 18.6 Å². The molecule has 1 heterocycles. The van der Waals surface area contributed by atoms with Gasteiger partial charge in [0.2, 0.25) is 5.91 Å². The minimum absolute atomic E-state index is 0.0560. The Hall–Kier alpha value is -0.870. The van der Waals surface area contributed by atoms with Gasteiger partial charge in [-0.1, -0.05) is 6.58 Å². The standard InChI is InChI=1S/C8H13NO3/c1-2-8(11)9-3-4-12-6-7(9)5-10/h2,7,10H,1,3-6H2/t7-/m1/s1. The number of nitrogens with zero attached hydrogens (tertiary/aromatic N) is 1. The summed E-state index contributed by atoms with van der Waals surface area (Å²) in [6.07, 6.45) is 1.26. The zero-order valence-electron chi connectivity index (χ0n) is 6.90. The van der Waals surface area contributed by atoms with E-state index >= 15 is 0 Å². The second-order valence-electron chi connectivity index (χ2n) is 2.65. The van der Waals surface area contributed by atoms with Crippen LogP contribution in [0, 0.1) is 0 Å². The minimum atomic E-state index is -0.204. The second kappa shape index (κ2) is 4.23. The van der Waals surface area contributed by atoms with Crippen molar-refractivity contribution in [3.8, 4) is 0 Å². The van der Waals surface area contributed by atoms with Crippen LogP contribution in [0.2, 0.25) is 0 Å². The van der Waals surface area contributed by atoms with E-state index < -0.39 is 0 Å². The Balaban J connectivity index is 2.58. The summed E-state index contributed by atoms with van der Waals surface area (Å²) in [7, 11) is 0. The van der Waals surface area contributed by atoms with Crippen molar-refractivity contribution in [2.24, 2.45) is 0 Å². The van der Waals surface area contributed by atoms with Crippen molar-refractivity contribution in [2.75, 3.05) is 26.4 Å². The van der Waals surface area contributed by atoms with Gasteiger partial charge in [0, 0.05) is 6.54 Å². The molecule has 1 atom stereocenters. The van der Waals surface area contributed by atoms with Crippen LogP contribution >= 0.6 is 0 Å². The number of carbonyl (C=O) groups is 1. The van der Waals surface area contributed by atoms with Crippen LogP contribution in [-0.4, -0.2) is 48.3 Å². The van der Waals surface area contributed by atoms with Crippen molar-refractivity contribution in [1.29, 1.82) is 0 Å². The Morgan fingerprint density at radius 3 is 3.17 bits per heavy atom. The highest BCUT2D eigenvalue weighted by molar-refractivity contribution is 5.87. The van der Waals surface area contributed by atoms with Crippen LogP contribution in [0.5, 0.6) is 0 Å². The quantitative estimate of drug-likeness (QED) is 0.564. The molecule has 0 bridgehead atoms. The number of hydrogen-bond donors (Lipinski definition) is 1. The molecule has 0 aliphatic carbocycles. The highest BCUT2D eigenvalue weighted by atomic mass is 16.5. The molecule has 1 aliphatic rings. The lowest BCUT2D eigenvalue weighted by Crippen LogP contribution is -2.49. The van der Waals surface area contributed by atoms with Gasteiger partial charge in [0.15, 0.2) is 0 Å². The second-order valence-corrected chi connectivity index (χ2v) is 2.65. The molecule has 1 N–H and O–H groups in total. The summed E-state index contributed by atoms with van der Waals surface area (Å²) in [5.74, 6) is -0.141. The molecule has 12 heavy (non-hydrogen) atoms.